The van der Waals surface area contributed by atoms with E-state index in [1.54, 1.807) is 13.2 Å². The largest absolute Gasteiger partial charge is 0.275 e. The summed E-state index contributed by atoms with van der Waals surface area (Å²) in [6, 6.07) is 1.70. The van der Waals surface area contributed by atoms with Crippen molar-refractivity contribution in [2.45, 2.75) is 6.04 Å². The van der Waals surface area contributed by atoms with E-state index in [0.29, 0.717) is 5.56 Å². The molecule has 0 aliphatic rings. The van der Waals surface area contributed by atoms with Gasteiger partial charge in [0.15, 0.2) is 0 Å². The Balaban J connectivity index is 2.55. The predicted molar refractivity (Wildman–Crippen MR) is 66.4 cm³/mol. The van der Waals surface area contributed by atoms with Gasteiger partial charge in [-0.2, -0.15) is 5.10 Å². The van der Waals surface area contributed by atoms with Gasteiger partial charge in [-0.3, -0.25) is 10.5 Å². The molecule has 4 nitrogen and oxygen atoms in total. The van der Waals surface area contributed by atoms with Crippen molar-refractivity contribution in [1.29, 1.82) is 0 Å². The third-order valence-electron chi connectivity index (χ3n) is 2.59. The Morgan fingerprint density at radius 2 is 2.17 bits per heavy atom. The second-order valence-electron chi connectivity index (χ2n) is 3.80. The Morgan fingerprint density at radius 3 is 2.72 bits per heavy atom. The van der Waals surface area contributed by atoms with Gasteiger partial charge in [0.1, 0.15) is 11.6 Å². The van der Waals surface area contributed by atoms with Crippen LogP contribution in [0.15, 0.2) is 29.0 Å². The Kier molecular flexibility index (Phi) is 3.74. The number of aromatic nitrogens is 2. The van der Waals surface area contributed by atoms with E-state index >= 15 is 0 Å². The first-order chi connectivity index (χ1) is 8.54. The molecule has 3 N–H and O–H groups in total. The maximum Gasteiger partial charge on any atom is 0.145 e. The molecule has 96 valence electrons. The molecule has 1 aromatic carbocycles. The molecular formula is C11H11BrF2N4. The Labute approximate surface area is 111 Å². The van der Waals surface area contributed by atoms with Gasteiger partial charge in [-0.1, -0.05) is 0 Å². The van der Waals surface area contributed by atoms with Crippen molar-refractivity contribution in [3.05, 3.63) is 51.8 Å². The van der Waals surface area contributed by atoms with Crippen molar-refractivity contribution in [3.63, 3.8) is 0 Å². The van der Waals surface area contributed by atoms with E-state index in [2.05, 4.69) is 26.5 Å². The number of aryl methyl sites for hydroxylation is 1. The van der Waals surface area contributed by atoms with Gasteiger partial charge in [0.05, 0.1) is 16.7 Å². The number of nitrogens with zero attached hydrogens (tertiary/aromatic N) is 2. The fourth-order valence-electron chi connectivity index (χ4n) is 1.74. The third kappa shape index (κ3) is 2.29. The monoisotopic (exact) mass is 316 g/mol. The molecule has 0 saturated heterocycles. The summed E-state index contributed by atoms with van der Waals surface area (Å²) in [5, 5.41) is 3.96. The van der Waals surface area contributed by atoms with E-state index in [1.807, 2.05) is 0 Å². The maximum absolute atomic E-state index is 14.0. The van der Waals surface area contributed by atoms with Crippen molar-refractivity contribution < 1.29 is 8.78 Å². The molecule has 0 aliphatic carbocycles. The Hall–Kier alpha value is -1.31. The van der Waals surface area contributed by atoms with Crippen LogP contribution in [0.5, 0.6) is 0 Å². The van der Waals surface area contributed by atoms with Crippen LogP contribution in [0.3, 0.4) is 0 Å². The topological polar surface area (TPSA) is 55.9 Å². The van der Waals surface area contributed by atoms with Gasteiger partial charge < -0.3 is 0 Å². The minimum atomic E-state index is -0.795. The van der Waals surface area contributed by atoms with Crippen LogP contribution in [0.2, 0.25) is 0 Å². The number of hydrogen-bond acceptors (Lipinski definition) is 3. The highest BCUT2D eigenvalue weighted by Gasteiger charge is 2.23. The molecular weight excluding hydrogens is 306 g/mol. The number of nitrogens with two attached hydrogens (primary N) is 1. The molecule has 0 saturated carbocycles. The number of benzene rings is 1. The molecule has 1 aromatic heterocycles. The van der Waals surface area contributed by atoms with Crippen LogP contribution < -0.4 is 11.3 Å². The highest BCUT2D eigenvalue weighted by atomic mass is 79.9. The summed E-state index contributed by atoms with van der Waals surface area (Å²) in [5.41, 5.74) is 2.84. The van der Waals surface area contributed by atoms with Crippen LogP contribution in [0.4, 0.5) is 8.78 Å². The maximum atomic E-state index is 14.0. The second kappa shape index (κ2) is 5.13. The molecule has 1 unspecified atom stereocenters. The van der Waals surface area contributed by atoms with Crippen LogP contribution in [-0.2, 0) is 7.05 Å². The first-order valence-corrected chi connectivity index (χ1v) is 5.92. The lowest BCUT2D eigenvalue weighted by Crippen LogP contribution is -2.30. The standard InChI is InChI=1S/C11H11BrF2N4/c1-18-5-6(4-16-18)11(17-15)9-8(13)3-2-7(12)10(9)14/h2-5,11,17H,15H2,1H3. The zero-order valence-electron chi connectivity index (χ0n) is 9.49. The summed E-state index contributed by atoms with van der Waals surface area (Å²) in [6.07, 6.45) is 3.15. The number of rotatable bonds is 3. The van der Waals surface area contributed by atoms with Gasteiger partial charge in [-0.05, 0) is 28.1 Å². The minimum Gasteiger partial charge on any atom is -0.275 e. The molecule has 1 heterocycles. The summed E-state index contributed by atoms with van der Waals surface area (Å²) in [7, 11) is 1.71. The Morgan fingerprint density at radius 1 is 1.44 bits per heavy atom. The predicted octanol–water partition coefficient (Wildman–Crippen LogP) is 2.01. The molecule has 2 aromatic rings. The van der Waals surface area contributed by atoms with Crippen LogP contribution in [0.1, 0.15) is 17.2 Å². The van der Waals surface area contributed by atoms with E-state index < -0.39 is 17.7 Å². The van der Waals surface area contributed by atoms with Crippen molar-refractivity contribution in [1.82, 2.24) is 15.2 Å². The molecule has 0 aliphatic heterocycles. The zero-order chi connectivity index (χ0) is 13.3. The smallest absolute Gasteiger partial charge is 0.145 e. The van der Waals surface area contributed by atoms with Crippen molar-refractivity contribution in [2.75, 3.05) is 0 Å². The average Bonchev–Trinajstić information content (AvgIpc) is 2.76. The molecule has 2 rings (SSSR count). The number of hydrazine groups is 1. The summed E-state index contributed by atoms with van der Waals surface area (Å²) >= 11 is 3.02. The summed E-state index contributed by atoms with van der Waals surface area (Å²) in [6.45, 7) is 0. The number of nitrogens with one attached hydrogen (secondary N) is 1. The molecule has 1 atom stereocenters. The molecule has 18 heavy (non-hydrogen) atoms. The molecule has 0 radical (unpaired) electrons. The normalized spacial score (nSPS) is 12.7. The average molecular weight is 317 g/mol. The van der Waals surface area contributed by atoms with Gasteiger partial charge in [0.2, 0.25) is 0 Å². The van der Waals surface area contributed by atoms with Crippen molar-refractivity contribution in [3.8, 4) is 0 Å². The Bertz CT molecular complexity index is 570. The van der Waals surface area contributed by atoms with E-state index in [9.17, 15) is 8.78 Å². The summed E-state index contributed by atoms with van der Waals surface area (Å²) in [5.74, 6) is 4.06. The number of halogens is 3. The molecule has 7 heteroatoms. The van der Waals surface area contributed by atoms with Crippen LogP contribution in [0.25, 0.3) is 0 Å². The van der Waals surface area contributed by atoms with E-state index in [1.165, 1.54) is 23.0 Å². The van der Waals surface area contributed by atoms with E-state index in [0.717, 1.165) is 0 Å². The molecule has 0 spiro atoms. The lowest BCUT2D eigenvalue weighted by atomic mass is 10.0. The zero-order valence-corrected chi connectivity index (χ0v) is 11.1. The number of hydrogen-bond donors (Lipinski definition) is 2. The molecule has 0 amide bonds. The summed E-state index contributed by atoms with van der Waals surface area (Å²) in [4.78, 5) is 0. The van der Waals surface area contributed by atoms with Crippen molar-refractivity contribution >= 4 is 15.9 Å². The van der Waals surface area contributed by atoms with Gasteiger partial charge in [-0.25, -0.2) is 14.2 Å². The third-order valence-corrected chi connectivity index (χ3v) is 3.21. The van der Waals surface area contributed by atoms with Gasteiger partial charge in [-0.15, -0.1) is 0 Å². The van der Waals surface area contributed by atoms with Crippen molar-refractivity contribution in [2.24, 2.45) is 12.9 Å². The van der Waals surface area contributed by atoms with E-state index in [4.69, 9.17) is 5.84 Å². The molecule has 0 fully saturated rings. The fraction of sp³-hybridized carbons (Fsp3) is 0.182. The lowest BCUT2D eigenvalue weighted by molar-refractivity contribution is 0.507. The van der Waals surface area contributed by atoms with Gasteiger partial charge in [0, 0.05) is 24.4 Å². The highest BCUT2D eigenvalue weighted by Crippen LogP contribution is 2.30. The van der Waals surface area contributed by atoms with Crippen LogP contribution >= 0.6 is 15.9 Å². The fourth-order valence-corrected chi connectivity index (χ4v) is 2.09. The van der Waals surface area contributed by atoms with Crippen LogP contribution in [0, 0.1) is 11.6 Å². The van der Waals surface area contributed by atoms with E-state index in [-0.39, 0.29) is 10.0 Å². The van der Waals surface area contributed by atoms with Crippen LogP contribution in [-0.4, -0.2) is 9.78 Å². The van der Waals surface area contributed by atoms with Gasteiger partial charge >= 0.3 is 0 Å². The quantitative estimate of drug-likeness (QED) is 0.517. The first-order valence-electron chi connectivity index (χ1n) is 5.12. The second-order valence-corrected chi connectivity index (χ2v) is 4.66. The summed E-state index contributed by atoms with van der Waals surface area (Å²) < 4.78 is 29.5. The molecule has 0 bridgehead atoms. The minimum absolute atomic E-state index is 0.139. The highest BCUT2D eigenvalue weighted by molar-refractivity contribution is 9.10. The first kappa shape index (κ1) is 13.1. The SMILES string of the molecule is Cn1cc(C(NN)c2c(F)ccc(Br)c2F)cn1. The van der Waals surface area contributed by atoms with Gasteiger partial charge in [0.25, 0.3) is 0 Å². The lowest BCUT2D eigenvalue weighted by Gasteiger charge is -2.16.